The van der Waals surface area contributed by atoms with Gasteiger partial charge < -0.3 is 5.32 Å². The Morgan fingerprint density at radius 2 is 2.08 bits per heavy atom. The maximum Gasteiger partial charge on any atom is 0.142 e. The van der Waals surface area contributed by atoms with Crippen molar-refractivity contribution in [2.45, 2.75) is 12.6 Å². The van der Waals surface area contributed by atoms with Crippen LogP contribution >= 0.6 is 11.3 Å². The summed E-state index contributed by atoms with van der Waals surface area (Å²) in [6.45, 7) is 3.85. The number of hydrogen-bond acceptors (Lipinski definition) is 6. The average Bonchev–Trinajstić information content (AvgIpc) is 3.12. The zero-order valence-electron chi connectivity index (χ0n) is 13.3. The predicted molar refractivity (Wildman–Crippen MR) is 95.6 cm³/mol. The Bertz CT molecular complexity index is 774. The van der Waals surface area contributed by atoms with E-state index in [4.69, 9.17) is 4.98 Å². The summed E-state index contributed by atoms with van der Waals surface area (Å²) in [4.78, 5) is 15.8. The minimum Gasteiger partial charge on any atom is -0.314 e. The minimum atomic E-state index is 0.363. The van der Waals surface area contributed by atoms with E-state index in [1.165, 1.54) is 5.56 Å². The zero-order valence-corrected chi connectivity index (χ0v) is 14.1. The summed E-state index contributed by atoms with van der Waals surface area (Å²) < 4.78 is 0. The minimum absolute atomic E-state index is 0.363. The van der Waals surface area contributed by atoms with Crippen LogP contribution in [-0.4, -0.2) is 39.5 Å². The fourth-order valence-corrected chi connectivity index (χ4v) is 3.83. The van der Waals surface area contributed by atoms with Gasteiger partial charge in [0.05, 0.1) is 11.4 Å². The van der Waals surface area contributed by atoms with Gasteiger partial charge in [0, 0.05) is 56.2 Å². The molecule has 1 atom stereocenters. The number of nitrogens with one attached hydrogen (secondary N) is 1. The second kappa shape index (κ2) is 7.17. The molecule has 1 saturated heterocycles. The molecule has 3 aromatic rings. The highest BCUT2D eigenvalue weighted by Crippen LogP contribution is 2.26. The lowest BCUT2D eigenvalue weighted by molar-refractivity contribution is 0.152. The molecule has 4 rings (SSSR count). The van der Waals surface area contributed by atoms with Gasteiger partial charge in [-0.15, -0.1) is 11.3 Å². The maximum atomic E-state index is 4.78. The van der Waals surface area contributed by atoms with Gasteiger partial charge in [-0.05, 0) is 29.8 Å². The van der Waals surface area contributed by atoms with E-state index >= 15 is 0 Å². The van der Waals surface area contributed by atoms with Gasteiger partial charge in [0.15, 0.2) is 0 Å². The molecule has 24 heavy (non-hydrogen) atoms. The van der Waals surface area contributed by atoms with Crippen LogP contribution in [0.1, 0.15) is 17.3 Å². The first kappa shape index (κ1) is 15.4. The van der Waals surface area contributed by atoms with Crippen molar-refractivity contribution in [1.29, 1.82) is 0 Å². The van der Waals surface area contributed by atoms with E-state index in [1.54, 1.807) is 11.3 Å². The van der Waals surface area contributed by atoms with Gasteiger partial charge in [-0.3, -0.25) is 14.9 Å². The highest BCUT2D eigenvalue weighted by molar-refractivity contribution is 7.13. The van der Waals surface area contributed by atoms with Gasteiger partial charge in [-0.25, -0.2) is 4.98 Å². The van der Waals surface area contributed by atoms with Crippen LogP contribution in [0.15, 0.2) is 54.3 Å². The molecule has 3 aromatic heterocycles. The molecule has 0 bridgehead atoms. The number of piperazine rings is 1. The number of hydrogen-bond donors (Lipinski definition) is 1. The van der Waals surface area contributed by atoms with E-state index in [2.05, 4.69) is 37.7 Å². The summed E-state index contributed by atoms with van der Waals surface area (Å²) in [6, 6.07) is 10.5. The molecule has 0 saturated carbocycles. The molecule has 0 aromatic carbocycles. The topological polar surface area (TPSA) is 53.9 Å². The Labute approximate surface area is 145 Å². The summed E-state index contributed by atoms with van der Waals surface area (Å²) in [7, 11) is 0. The van der Waals surface area contributed by atoms with Crippen molar-refractivity contribution < 1.29 is 0 Å². The van der Waals surface area contributed by atoms with Crippen molar-refractivity contribution in [1.82, 2.24) is 25.2 Å². The normalized spacial score (nSPS) is 18.6. The average molecular weight is 337 g/mol. The summed E-state index contributed by atoms with van der Waals surface area (Å²) in [5.74, 6) is 0. The summed E-state index contributed by atoms with van der Waals surface area (Å²) in [5, 5.41) is 6.63. The van der Waals surface area contributed by atoms with Crippen molar-refractivity contribution in [2.24, 2.45) is 0 Å². The first-order valence-corrected chi connectivity index (χ1v) is 8.98. The summed E-state index contributed by atoms with van der Waals surface area (Å²) in [5.41, 5.74) is 3.36. The van der Waals surface area contributed by atoms with E-state index in [1.807, 2.05) is 36.8 Å². The third kappa shape index (κ3) is 3.36. The van der Waals surface area contributed by atoms with Gasteiger partial charge in [-0.1, -0.05) is 6.07 Å². The number of pyridine rings is 2. The van der Waals surface area contributed by atoms with Gasteiger partial charge in [-0.2, -0.15) is 0 Å². The van der Waals surface area contributed by atoms with E-state index in [0.29, 0.717) is 6.04 Å². The highest BCUT2D eigenvalue weighted by atomic mass is 32.1. The van der Waals surface area contributed by atoms with Crippen LogP contribution in [0.25, 0.3) is 10.7 Å². The van der Waals surface area contributed by atoms with E-state index in [0.717, 1.165) is 42.6 Å². The molecule has 1 aliphatic heterocycles. The number of thiazole rings is 1. The molecule has 0 radical (unpaired) electrons. The molecule has 0 spiro atoms. The van der Waals surface area contributed by atoms with Crippen LogP contribution in [0.3, 0.4) is 0 Å². The first-order chi connectivity index (χ1) is 11.9. The van der Waals surface area contributed by atoms with Crippen LogP contribution in [0, 0.1) is 0 Å². The van der Waals surface area contributed by atoms with Crippen molar-refractivity contribution in [3.63, 3.8) is 0 Å². The largest absolute Gasteiger partial charge is 0.314 e. The first-order valence-electron chi connectivity index (χ1n) is 8.10. The Kier molecular flexibility index (Phi) is 4.60. The standard InChI is InChI=1S/C18H19N5S/c1-2-6-21-16(3-1)18-22-15(13-24-18)12-23-10-9-20-11-17(23)14-4-7-19-8-5-14/h1-8,13,17,20H,9-12H2. The van der Waals surface area contributed by atoms with Crippen LogP contribution in [0.2, 0.25) is 0 Å². The van der Waals surface area contributed by atoms with Crippen LogP contribution in [0.4, 0.5) is 0 Å². The van der Waals surface area contributed by atoms with Crippen molar-refractivity contribution in [3.05, 3.63) is 65.6 Å². The third-order valence-electron chi connectivity index (χ3n) is 4.25. The number of nitrogens with zero attached hydrogens (tertiary/aromatic N) is 4. The van der Waals surface area contributed by atoms with Gasteiger partial charge in [0.1, 0.15) is 5.01 Å². The highest BCUT2D eigenvalue weighted by Gasteiger charge is 2.24. The van der Waals surface area contributed by atoms with Crippen molar-refractivity contribution >= 4 is 11.3 Å². The van der Waals surface area contributed by atoms with Gasteiger partial charge in [0.2, 0.25) is 0 Å². The van der Waals surface area contributed by atoms with E-state index < -0.39 is 0 Å². The van der Waals surface area contributed by atoms with Crippen LogP contribution < -0.4 is 5.32 Å². The predicted octanol–water partition coefficient (Wildman–Crippen LogP) is 2.75. The summed E-state index contributed by atoms with van der Waals surface area (Å²) in [6.07, 6.45) is 5.54. The fourth-order valence-electron chi connectivity index (χ4n) is 3.04. The van der Waals surface area contributed by atoms with Crippen LogP contribution in [-0.2, 0) is 6.54 Å². The maximum absolute atomic E-state index is 4.78. The van der Waals surface area contributed by atoms with Gasteiger partial charge in [0.25, 0.3) is 0 Å². The SMILES string of the molecule is c1ccc(-c2nc(CN3CCNCC3c3ccncc3)cs2)nc1. The molecule has 1 fully saturated rings. The molecule has 1 aliphatic rings. The Hall–Kier alpha value is -2.15. The molecular weight excluding hydrogens is 318 g/mol. The Morgan fingerprint density at radius 1 is 1.17 bits per heavy atom. The fraction of sp³-hybridized carbons (Fsp3) is 0.278. The molecule has 1 N–H and O–H groups in total. The summed E-state index contributed by atoms with van der Waals surface area (Å²) >= 11 is 1.66. The van der Waals surface area contributed by atoms with E-state index in [9.17, 15) is 0 Å². The van der Waals surface area contributed by atoms with E-state index in [-0.39, 0.29) is 0 Å². The lowest BCUT2D eigenvalue weighted by Gasteiger charge is -2.36. The quantitative estimate of drug-likeness (QED) is 0.793. The molecule has 6 heteroatoms. The molecule has 1 unspecified atom stereocenters. The number of aromatic nitrogens is 3. The van der Waals surface area contributed by atoms with Crippen LogP contribution in [0.5, 0.6) is 0 Å². The molecule has 122 valence electrons. The molecule has 0 amide bonds. The Balaban J connectivity index is 1.52. The molecule has 5 nitrogen and oxygen atoms in total. The smallest absolute Gasteiger partial charge is 0.142 e. The lowest BCUT2D eigenvalue weighted by atomic mass is 10.0. The van der Waals surface area contributed by atoms with Crippen molar-refractivity contribution in [2.75, 3.05) is 19.6 Å². The molecule has 4 heterocycles. The Morgan fingerprint density at radius 3 is 2.92 bits per heavy atom. The van der Waals surface area contributed by atoms with Gasteiger partial charge >= 0.3 is 0 Å². The molecular formula is C18H19N5S. The third-order valence-corrected chi connectivity index (χ3v) is 5.16. The second-order valence-electron chi connectivity index (χ2n) is 5.83. The van der Waals surface area contributed by atoms with Crippen molar-refractivity contribution in [3.8, 4) is 10.7 Å². The second-order valence-corrected chi connectivity index (χ2v) is 6.69. The number of rotatable bonds is 4. The zero-order chi connectivity index (χ0) is 16.2. The lowest BCUT2D eigenvalue weighted by Crippen LogP contribution is -2.45. The molecule has 0 aliphatic carbocycles. The monoisotopic (exact) mass is 337 g/mol.